The maximum atomic E-state index is 2.79. The summed E-state index contributed by atoms with van der Waals surface area (Å²) < 4.78 is 6.79. The van der Waals surface area contributed by atoms with Gasteiger partial charge in [0.1, 0.15) is 0 Å². The summed E-state index contributed by atoms with van der Waals surface area (Å²) in [6.45, 7) is 26.3. The summed E-state index contributed by atoms with van der Waals surface area (Å²) in [5.74, 6) is 2.21. The number of rotatable bonds is 6. The molecule has 2 aliphatic carbocycles. The minimum Gasteiger partial charge on any atom is -0.147 e. The Morgan fingerprint density at radius 2 is 0.895 bits per heavy atom. The zero-order valence-electron chi connectivity index (χ0n) is 26.0. The predicted molar refractivity (Wildman–Crippen MR) is 177 cm³/mol. The fraction of sp³-hybridized carbons (Fsp3) is 0.529. The number of hydrogen-bond acceptors (Lipinski definition) is 0. The van der Waals surface area contributed by atoms with Crippen LogP contribution in [0.1, 0.15) is 145 Å². The summed E-state index contributed by atoms with van der Waals surface area (Å²) in [5.41, 5.74) is 15.8. The summed E-state index contributed by atoms with van der Waals surface area (Å²) in [6.07, 6.45) is 5.16. The van der Waals surface area contributed by atoms with Crippen molar-refractivity contribution in [2.45, 2.75) is 110 Å². The van der Waals surface area contributed by atoms with Gasteiger partial charge in [-0.2, -0.15) is 0 Å². The van der Waals surface area contributed by atoms with E-state index in [-0.39, 0.29) is 24.8 Å². The molecule has 0 amide bonds. The van der Waals surface area contributed by atoms with Crippen molar-refractivity contribution in [2.75, 3.05) is 0 Å². The molecule has 0 bridgehead atoms. The smallest absolute Gasteiger partial charge is 0.147 e. The van der Waals surface area contributed by atoms with Crippen LogP contribution in [0.15, 0.2) is 35.4 Å². The molecule has 0 fully saturated rings. The van der Waals surface area contributed by atoms with Gasteiger partial charge in [0.15, 0.2) is 0 Å². The molecule has 38 heavy (non-hydrogen) atoms. The van der Waals surface area contributed by atoms with Crippen LogP contribution in [0.5, 0.6) is 0 Å². The third-order valence-electron chi connectivity index (χ3n) is 9.28. The van der Waals surface area contributed by atoms with Crippen LogP contribution in [0.25, 0.3) is 12.2 Å². The van der Waals surface area contributed by atoms with Gasteiger partial charge in [0.05, 0.1) is 0 Å². The SMILES string of the molecule is CC1=Cc2c(C(C)C)cc(C(C)C)cc2[CH]1[Hf]([CH3])([CH3])(=[SiH2])[CH]1C(C)=Cc2c(C(C)C)cc(C(C)C)cc21.Cl.Cl. The van der Waals surface area contributed by atoms with Gasteiger partial charge in [0, 0.05) is 0 Å². The first-order chi connectivity index (χ1) is 16.5. The normalized spacial score (nSPS) is 18.9. The van der Waals surface area contributed by atoms with E-state index in [9.17, 15) is 0 Å². The topological polar surface area (TPSA) is 0 Å². The molecule has 0 saturated carbocycles. The van der Waals surface area contributed by atoms with Gasteiger partial charge in [-0.05, 0) is 0 Å². The van der Waals surface area contributed by atoms with Crippen LogP contribution in [0.3, 0.4) is 0 Å². The van der Waals surface area contributed by atoms with Gasteiger partial charge in [-0.1, -0.05) is 0 Å². The molecular formula is C34H52Cl2HfSi. The van der Waals surface area contributed by atoms with E-state index in [0.717, 1.165) is 0 Å². The zero-order chi connectivity index (χ0) is 26.9. The first-order valence-electron chi connectivity index (χ1n) is 14.3. The number of hydrogen-bond donors (Lipinski definition) is 0. The quantitative estimate of drug-likeness (QED) is 0.259. The Morgan fingerprint density at radius 1 is 0.579 bits per heavy atom. The molecule has 0 aliphatic heterocycles. The van der Waals surface area contributed by atoms with Gasteiger partial charge < -0.3 is 0 Å². The van der Waals surface area contributed by atoms with Crippen molar-refractivity contribution in [3.63, 3.8) is 0 Å². The minimum absolute atomic E-state index is 0. The maximum Gasteiger partial charge on any atom is -0.147 e. The molecule has 0 radical (unpaired) electrons. The monoisotopic (exact) mass is 738 g/mol. The molecule has 2 aromatic carbocycles. The Bertz CT molecular complexity index is 1250. The van der Waals surface area contributed by atoms with Crippen molar-refractivity contribution in [3.8, 4) is 0 Å². The van der Waals surface area contributed by atoms with Crippen LogP contribution < -0.4 is 0 Å². The molecule has 4 heteroatoms. The van der Waals surface area contributed by atoms with E-state index in [1.165, 1.54) is 11.1 Å². The Balaban J connectivity index is 0.00000253. The van der Waals surface area contributed by atoms with E-state index >= 15 is 0 Å². The van der Waals surface area contributed by atoms with Crippen molar-refractivity contribution in [2.24, 2.45) is 0 Å². The van der Waals surface area contributed by atoms with Crippen molar-refractivity contribution in [1.29, 1.82) is 0 Å². The third-order valence-corrected chi connectivity index (χ3v) is 35.1. The molecule has 2 aliphatic rings. The van der Waals surface area contributed by atoms with Crippen LogP contribution in [0.2, 0.25) is 9.36 Å². The molecule has 4 rings (SSSR count). The molecule has 2 unspecified atom stereocenters. The van der Waals surface area contributed by atoms with E-state index in [0.29, 0.717) is 31.0 Å². The van der Waals surface area contributed by atoms with Crippen LogP contribution in [0, 0.1) is 0 Å². The van der Waals surface area contributed by atoms with Crippen molar-refractivity contribution in [3.05, 3.63) is 79.9 Å². The largest absolute Gasteiger partial charge is 0.147 e. The van der Waals surface area contributed by atoms with Gasteiger partial charge in [0.2, 0.25) is 0 Å². The standard InChI is InChI=1S/2C16H21.2CH3.2ClH.Hf.H2Si/c2*1-10(2)13-8-14-6-12(5)7-16(14)15(9-13)11(3)4;;;;;;/h2*6-11H,1-5H3;2*1H3;2*1H;;1H2. The average molecular weight is 738 g/mol. The van der Waals surface area contributed by atoms with Crippen LogP contribution in [-0.2, 0) is 17.1 Å². The number of halogens is 2. The maximum absolute atomic E-state index is 3.63. The van der Waals surface area contributed by atoms with E-state index < -0.39 is 17.1 Å². The number of benzene rings is 2. The van der Waals surface area contributed by atoms with Gasteiger partial charge in [-0.25, -0.2) is 0 Å². The molecule has 0 N–H and O–H groups in total. The molecular weight excluding hydrogens is 686 g/mol. The third kappa shape index (κ3) is 5.55. The second-order valence-electron chi connectivity index (χ2n) is 14.4. The van der Waals surface area contributed by atoms with Crippen LogP contribution in [-0.4, -0.2) is 6.94 Å². The van der Waals surface area contributed by atoms with Crippen LogP contribution in [0.4, 0.5) is 0 Å². The number of allylic oxidation sites excluding steroid dienone is 2. The van der Waals surface area contributed by atoms with Gasteiger partial charge in [-0.3, -0.25) is 0 Å². The molecule has 2 aromatic rings. The van der Waals surface area contributed by atoms with E-state index in [4.69, 9.17) is 0 Å². The Kier molecular flexibility index (Phi) is 10.2. The Labute approximate surface area is 248 Å². The van der Waals surface area contributed by atoms with Gasteiger partial charge >= 0.3 is 226 Å². The van der Waals surface area contributed by atoms with Crippen LogP contribution >= 0.6 is 24.8 Å². The Morgan fingerprint density at radius 3 is 1.16 bits per heavy atom. The second-order valence-corrected chi connectivity index (χ2v) is 57.9. The van der Waals surface area contributed by atoms with Crippen molar-refractivity contribution in [1.82, 2.24) is 0 Å². The average Bonchev–Trinajstić information content (AvgIpc) is 3.27. The summed E-state index contributed by atoms with van der Waals surface area (Å²) in [6, 6.07) is 10.2. The fourth-order valence-corrected chi connectivity index (χ4v) is 38.1. The number of fused-ring (bicyclic) bond motifs is 2. The molecule has 0 heterocycles. The zero-order valence-corrected chi connectivity index (χ0v) is 32.6. The fourth-order valence-electron chi connectivity index (χ4n) is 7.68. The van der Waals surface area contributed by atoms with E-state index in [1.54, 1.807) is 44.5 Å². The molecule has 0 nitrogen and oxygen atoms in total. The molecule has 0 saturated heterocycles. The van der Waals surface area contributed by atoms with Crippen molar-refractivity contribution < 1.29 is 17.1 Å². The molecule has 0 spiro atoms. The summed E-state index contributed by atoms with van der Waals surface area (Å²) in [7, 11) is 0. The summed E-state index contributed by atoms with van der Waals surface area (Å²) in [5, 5.41) is 0. The molecule has 210 valence electrons. The molecule has 0 aromatic heterocycles. The second kappa shape index (κ2) is 11.5. The van der Waals surface area contributed by atoms with E-state index in [2.05, 4.69) is 122 Å². The van der Waals surface area contributed by atoms with E-state index in [1.807, 2.05) is 0 Å². The Hall–Kier alpha value is -0.413. The summed E-state index contributed by atoms with van der Waals surface area (Å²) in [4.78, 5) is 0. The predicted octanol–water partition coefficient (Wildman–Crippen LogP) is 11.0. The molecule has 2 atom stereocenters. The minimum atomic E-state index is -3.63. The van der Waals surface area contributed by atoms with Gasteiger partial charge in [-0.15, -0.1) is 24.8 Å². The van der Waals surface area contributed by atoms with Crippen molar-refractivity contribution >= 4 is 43.9 Å². The first kappa shape index (κ1) is 33.8. The van der Waals surface area contributed by atoms with Gasteiger partial charge in [0.25, 0.3) is 0 Å². The summed E-state index contributed by atoms with van der Waals surface area (Å²) >= 11 is -3.63. The first-order valence-corrected chi connectivity index (χ1v) is 34.0.